The van der Waals surface area contributed by atoms with Gasteiger partial charge in [0, 0.05) is 45.0 Å². The fourth-order valence-corrected chi connectivity index (χ4v) is 4.85. The summed E-state index contributed by atoms with van der Waals surface area (Å²) in [5, 5.41) is 5.45. The number of rotatable bonds is 8. The number of aromatic nitrogens is 1. The highest BCUT2D eigenvalue weighted by molar-refractivity contribution is 7.11. The van der Waals surface area contributed by atoms with Crippen molar-refractivity contribution in [2.75, 3.05) is 44.2 Å². The quantitative estimate of drug-likeness (QED) is 0.320. The SMILES string of the molecule is CC(=O)Oc1ccccc1C(=O)NCCCCN1CCN(c2snc3ccccc23)CC1. The smallest absolute Gasteiger partial charge is 0.308 e. The van der Waals surface area contributed by atoms with E-state index in [2.05, 4.69) is 37.7 Å². The number of anilines is 1. The second-order valence-electron chi connectivity index (χ2n) is 7.89. The van der Waals surface area contributed by atoms with Gasteiger partial charge in [0.05, 0.1) is 11.1 Å². The number of carbonyl (C=O) groups excluding carboxylic acids is 2. The molecule has 2 aromatic carbocycles. The van der Waals surface area contributed by atoms with Crippen LogP contribution in [0.5, 0.6) is 5.75 Å². The van der Waals surface area contributed by atoms with Gasteiger partial charge in [-0.05, 0) is 55.2 Å². The molecule has 7 nitrogen and oxygen atoms in total. The van der Waals surface area contributed by atoms with Gasteiger partial charge in [-0.1, -0.05) is 24.3 Å². The predicted molar refractivity (Wildman–Crippen MR) is 128 cm³/mol. The zero-order valence-corrected chi connectivity index (χ0v) is 19.1. The molecular formula is C24H28N4O3S. The number of nitrogens with zero attached hydrogens (tertiary/aromatic N) is 3. The lowest BCUT2D eigenvalue weighted by Crippen LogP contribution is -2.46. The number of piperazine rings is 1. The van der Waals surface area contributed by atoms with Crippen LogP contribution in [0.2, 0.25) is 0 Å². The number of unbranched alkanes of at least 4 members (excludes halogenated alkanes) is 1. The van der Waals surface area contributed by atoms with Gasteiger partial charge in [-0.15, -0.1) is 0 Å². The lowest BCUT2D eigenvalue weighted by Gasteiger charge is -2.35. The Morgan fingerprint density at radius 2 is 1.78 bits per heavy atom. The fourth-order valence-electron chi connectivity index (χ4n) is 3.93. The number of esters is 1. The van der Waals surface area contributed by atoms with Gasteiger partial charge in [-0.25, -0.2) is 0 Å². The number of para-hydroxylation sites is 1. The second kappa shape index (κ2) is 10.6. The number of fused-ring (bicyclic) bond motifs is 1. The molecule has 0 bridgehead atoms. The minimum absolute atomic E-state index is 0.216. The Morgan fingerprint density at radius 3 is 2.59 bits per heavy atom. The standard InChI is InChI=1S/C24H28N4O3S/c1-18(29)31-22-11-5-3-9-20(22)23(30)25-12-6-7-13-27-14-16-28(17-15-27)24-19-8-2-4-10-21(19)26-32-24/h2-5,8-11H,6-7,12-17H2,1H3,(H,25,30). The molecule has 2 heterocycles. The van der Waals surface area contributed by atoms with Crippen LogP contribution >= 0.6 is 11.5 Å². The highest BCUT2D eigenvalue weighted by atomic mass is 32.1. The third kappa shape index (κ3) is 5.44. The molecule has 1 fully saturated rings. The van der Waals surface area contributed by atoms with Gasteiger partial charge in [0.1, 0.15) is 10.8 Å². The largest absolute Gasteiger partial charge is 0.426 e. The van der Waals surface area contributed by atoms with Gasteiger partial charge in [-0.3, -0.25) is 14.5 Å². The highest BCUT2D eigenvalue weighted by Gasteiger charge is 2.20. The number of benzene rings is 2. The Hall–Kier alpha value is -2.97. The van der Waals surface area contributed by atoms with Crippen molar-refractivity contribution in [3.8, 4) is 5.75 Å². The van der Waals surface area contributed by atoms with Crippen molar-refractivity contribution in [3.05, 3.63) is 54.1 Å². The molecule has 1 saturated heterocycles. The van der Waals surface area contributed by atoms with E-state index in [4.69, 9.17) is 4.74 Å². The summed E-state index contributed by atoms with van der Waals surface area (Å²) in [6.45, 7) is 7.04. The van der Waals surface area contributed by atoms with Gasteiger partial charge in [0.15, 0.2) is 0 Å². The molecule has 1 aromatic heterocycles. The summed E-state index contributed by atoms with van der Waals surface area (Å²) < 4.78 is 9.68. The van der Waals surface area contributed by atoms with Crippen LogP contribution in [0.4, 0.5) is 5.00 Å². The van der Waals surface area contributed by atoms with Crippen molar-refractivity contribution < 1.29 is 14.3 Å². The van der Waals surface area contributed by atoms with Gasteiger partial charge in [0.25, 0.3) is 5.91 Å². The topological polar surface area (TPSA) is 74.8 Å². The maximum atomic E-state index is 12.4. The third-order valence-electron chi connectivity index (χ3n) is 5.60. The molecule has 1 N–H and O–H groups in total. The van der Waals surface area contributed by atoms with Crippen LogP contribution in [-0.4, -0.2) is 60.4 Å². The zero-order valence-electron chi connectivity index (χ0n) is 18.3. The van der Waals surface area contributed by atoms with E-state index in [-0.39, 0.29) is 5.91 Å². The minimum Gasteiger partial charge on any atom is -0.426 e. The highest BCUT2D eigenvalue weighted by Crippen LogP contribution is 2.31. The van der Waals surface area contributed by atoms with Crippen molar-refractivity contribution in [3.63, 3.8) is 0 Å². The molecule has 3 aromatic rings. The average Bonchev–Trinajstić information content (AvgIpc) is 3.23. The van der Waals surface area contributed by atoms with Crippen LogP contribution in [0, 0.1) is 0 Å². The van der Waals surface area contributed by atoms with Crippen LogP contribution in [0.25, 0.3) is 10.9 Å². The molecule has 8 heteroatoms. The Kier molecular flexibility index (Phi) is 7.34. The second-order valence-corrected chi connectivity index (χ2v) is 8.64. The summed E-state index contributed by atoms with van der Waals surface area (Å²) in [7, 11) is 0. The monoisotopic (exact) mass is 452 g/mol. The number of hydrogen-bond acceptors (Lipinski definition) is 7. The van der Waals surface area contributed by atoms with E-state index in [1.54, 1.807) is 35.8 Å². The molecule has 1 aliphatic rings. The fraction of sp³-hybridized carbons (Fsp3) is 0.375. The summed E-state index contributed by atoms with van der Waals surface area (Å²) in [5.74, 6) is -0.356. The minimum atomic E-state index is -0.436. The number of carbonyl (C=O) groups is 2. The Morgan fingerprint density at radius 1 is 1.03 bits per heavy atom. The van der Waals surface area contributed by atoms with Gasteiger partial charge in [0.2, 0.25) is 0 Å². The van der Waals surface area contributed by atoms with Crippen molar-refractivity contribution in [2.45, 2.75) is 19.8 Å². The van der Waals surface area contributed by atoms with E-state index >= 15 is 0 Å². The van der Waals surface area contributed by atoms with Crippen molar-refractivity contribution >= 4 is 39.3 Å². The first kappa shape index (κ1) is 22.2. The molecule has 168 valence electrons. The van der Waals surface area contributed by atoms with E-state index < -0.39 is 5.97 Å². The maximum Gasteiger partial charge on any atom is 0.308 e. The molecule has 0 atom stereocenters. The predicted octanol–water partition coefficient (Wildman–Crippen LogP) is 3.55. The van der Waals surface area contributed by atoms with Crippen LogP contribution < -0.4 is 15.0 Å². The summed E-state index contributed by atoms with van der Waals surface area (Å²) >= 11 is 1.59. The van der Waals surface area contributed by atoms with E-state index in [0.717, 1.165) is 51.1 Å². The number of ether oxygens (including phenoxy) is 1. The van der Waals surface area contributed by atoms with Crippen LogP contribution in [0.1, 0.15) is 30.1 Å². The van der Waals surface area contributed by atoms with Crippen molar-refractivity contribution in [1.29, 1.82) is 0 Å². The Bertz CT molecular complexity index is 1080. The molecule has 1 aliphatic heterocycles. The van der Waals surface area contributed by atoms with Crippen molar-refractivity contribution in [1.82, 2.24) is 14.6 Å². The normalized spacial score (nSPS) is 14.5. The summed E-state index contributed by atoms with van der Waals surface area (Å²) in [5.41, 5.74) is 1.46. The summed E-state index contributed by atoms with van der Waals surface area (Å²) in [4.78, 5) is 28.6. The molecule has 0 aliphatic carbocycles. The number of amides is 1. The first-order valence-corrected chi connectivity index (χ1v) is 11.8. The van der Waals surface area contributed by atoms with Crippen LogP contribution in [-0.2, 0) is 4.79 Å². The molecular weight excluding hydrogens is 424 g/mol. The van der Waals surface area contributed by atoms with Gasteiger partial charge < -0.3 is 15.0 Å². The Labute approximate surface area is 192 Å². The molecule has 32 heavy (non-hydrogen) atoms. The molecule has 1 amide bonds. The molecule has 0 saturated carbocycles. The number of hydrogen-bond donors (Lipinski definition) is 1. The molecule has 0 unspecified atom stereocenters. The Balaban J connectivity index is 1.17. The summed E-state index contributed by atoms with van der Waals surface area (Å²) in [6, 6.07) is 15.1. The van der Waals surface area contributed by atoms with Gasteiger partial charge in [-0.2, -0.15) is 4.37 Å². The van der Waals surface area contributed by atoms with Gasteiger partial charge >= 0.3 is 5.97 Å². The van der Waals surface area contributed by atoms with Crippen molar-refractivity contribution in [2.24, 2.45) is 0 Å². The van der Waals surface area contributed by atoms with E-state index in [9.17, 15) is 9.59 Å². The lowest BCUT2D eigenvalue weighted by molar-refractivity contribution is -0.131. The van der Waals surface area contributed by atoms with E-state index in [1.165, 1.54) is 17.3 Å². The van der Waals surface area contributed by atoms with E-state index in [1.807, 2.05) is 6.07 Å². The maximum absolute atomic E-state index is 12.4. The third-order valence-corrected chi connectivity index (χ3v) is 6.54. The first-order chi connectivity index (χ1) is 15.6. The lowest BCUT2D eigenvalue weighted by atomic mass is 10.2. The molecule has 4 rings (SSSR count). The number of nitrogens with one attached hydrogen (secondary N) is 1. The molecule has 0 radical (unpaired) electrons. The average molecular weight is 453 g/mol. The summed E-state index contributed by atoms with van der Waals surface area (Å²) in [6.07, 6.45) is 1.93. The molecule has 0 spiro atoms. The van der Waals surface area contributed by atoms with Crippen LogP contribution in [0.3, 0.4) is 0 Å². The first-order valence-electron chi connectivity index (χ1n) is 11.0. The van der Waals surface area contributed by atoms with E-state index in [0.29, 0.717) is 17.9 Å². The van der Waals surface area contributed by atoms with Crippen LogP contribution in [0.15, 0.2) is 48.5 Å². The zero-order chi connectivity index (χ0) is 22.3.